The molecular formula is C20H29Cl2N3OS. The zero-order valence-corrected chi connectivity index (χ0v) is 18.6. The van der Waals surface area contributed by atoms with E-state index in [0.717, 1.165) is 40.5 Å². The van der Waals surface area contributed by atoms with E-state index in [1.54, 1.807) is 11.3 Å². The maximum Gasteiger partial charge on any atom is 0.228 e. The molecule has 2 N–H and O–H groups in total. The number of hydrogen-bond acceptors (Lipinski definition) is 4. The Kier molecular flexibility index (Phi) is 9.22. The molecule has 2 atom stereocenters. The molecule has 7 heteroatoms. The summed E-state index contributed by atoms with van der Waals surface area (Å²) in [7, 11) is 0. The Morgan fingerprint density at radius 1 is 1.26 bits per heavy atom. The van der Waals surface area contributed by atoms with E-state index in [9.17, 15) is 4.79 Å². The van der Waals surface area contributed by atoms with Crippen LogP contribution in [0.1, 0.15) is 35.2 Å². The molecule has 2 aromatic rings. The maximum atomic E-state index is 12.9. The summed E-state index contributed by atoms with van der Waals surface area (Å²) in [6.07, 6.45) is 2.49. The molecule has 3 rings (SSSR count). The highest BCUT2D eigenvalue weighted by molar-refractivity contribution is 7.12. The number of thiazole rings is 1. The van der Waals surface area contributed by atoms with Crippen molar-refractivity contribution in [3.05, 3.63) is 39.7 Å². The van der Waals surface area contributed by atoms with Crippen LogP contribution in [0, 0.1) is 19.8 Å². The van der Waals surface area contributed by atoms with Crippen molar-refractivity contribution in [3.8, 4) is 11.3 Å². The van der Waals surface area contributed by atoms with Crippen LogP contribution in [0.15, 0.2) is 24.3 Å². The molecule has 2 unspecified atom stereocenters. The summed E-state index contributed by atoms with van der Waals surface area (Å²) >= 11 is 1.63. The highest BCUT2D eigenvalue weighted by Crippen LogP contribution is 2.30. The fourth-order valence-electron chi connectivity index (χ4n) is 3.57. The smallest absolute Gasteiger partial charge is 0.228 e. The quantitative estimate of drug-likeness (QED) is 0.782. The van der Waals surface area contributed by atoms with Gasteiger partial charge in [-0.1, -0.05) is 36.8 Å². The predicted molar refractivity (Wildman–Crippen MR) is 118 cm³/mol. The summed E-state index contributed by atoms with van der Waals surface area (Å²) < 4.78 is 0. The van der Waals surface area contributed by atoms with Gasteiger partial charge in [0.15, 0.2) is 0 Å². The SMILES string of the molecule is Cc1ccc(-c2nc(C)sc2CC(=O)N2CCC(C)CC2CN)cc1.Cl.Cl. The Morgan fingerprint density at radius 2 is 1.93 bits per heavy atom. The van der Waals surface area contributed by atoms with Crippen LogP contribution in [0.25, 0.3) is 11.3 Å². The number of aromatic nitrogens is 1. The van der Waals surface area contributed by atoms with Gasteiger partial charge >= 0.3 is 0 Å². The van der Waals surface area contributed by atoms with Crippen LogP contribution < -0.4 is 5.73 Å². The fraction of sp³-hybridized carbons (Fsp3) is 0.500. The number of nitrogens with two attached hydrogens (primary N) is 1. The van der Waals surface area contributed by atoms with Gasteiger partial charge in [-0.2, -0.15) is 0 Å². The second-order valence-electron chi connectivity index (χ2n) is 7.15. The van der Waals surface area contributed by atoms with Gasteiger partial charge in [0.1, 0.15) is 0 Å². The minimum atomic E-state index is 0. The summed E-state index contributed by atoms with van der Waals surface area (Å²) in [4.78, 5) is 20.7. The van der Waals surface area contributed by atoms with Gasteiger partial charge < -0.3 is 10.6 Å². The largest absolute Gasteiger partial charge is 0.338 e. The van der Waals surface area contributed by atoms with E-state index < -0.39 is 0 Å². The summed E-state index contributed by atoms with van der Waals surface area (Å²) in [5.74, 6) is 0.825. The van der Waals surface area contributed by atoms with Crippen LogP contribution in [0.5, 0.6) is 0 Å². The van der Waals surface area contributed by atoms with Gasteiger partial charge in [0, 0.05) is 29.6 Å². The molecule has 0 saturated carbocycles. The first-order chi connectivity index (χ1) is 12.0. The molecule has 0 spiro atoms. The van der Waals surface area contributed by atoms with Crippen LogP contribution in [-0.2, 0) is 11.2 Å². The zero-order chi connectivity index (χ0) is 18.0. The molecule has 1 aromatic heterocycles. The van der Waals surface area contributed by atoms with Gasteiger partial charge in [0.25, 0.3) is 0 Å². The summed E-state index contributed by atoms with van der Waals surface area (Å²) in [6.45, 7) is 7.68. The molecule has 150 valence electrons. The number of nitrogens with zero attached hydrogens (tertiary/aromatic N) is 2. The molecule has 1 saturated heterocycles. The minimum Gasteiger partial charge on any atom is -0.338 e. The number of aryl methyl sites for hydroxylation is 2. The van der Waals surface area contributed by atoms with Crippen molar-refractivity contribution < 1.29 is 4.79 Å². The molecule has 1 aromatic carbocycles. The van der Waals surface area contributed by atoms with E-state index in [-0.39, 0.29) is 36.8 Å². The molecule has 4 nitrogen and oxygen atoms in total. The number of carbonyl (C=O) groups excluding carboxylic acids is 1. The van der Waals surface area contributed by atoms with Crippen molar-refractivity contribution in [2.75, 3.05) is 13.1 Å². The number of rotatable bonds is 4. The van der Waals surface area contributed by atoms with Crippen molar-refractivity contribution in [3.63, 3.8) is 0 Å². The molecule has 1 amide bonds. The predicted octanol–water partition coefficient (Wildman–Crippen LogP) is 4.40. The van der Waals surface area contributed by atoms with E-state index in [2.05, 4.69) is 43.1 Å². The number of amides is 1. The van der Waals surface area contributed by atoms with Crippen molar-refractivity contribution in [2.24, 2.45) is 11.7 Å². The number of hydrogen-bond donors (Lipinski definition) is 1. The molecule has 1 aliphatic heterocycles. The topological polar surface area (TPSA) is 59.2 Å². The number of benzene rings is 1. The fourth-order valence-corrected chi connectivity index (χ4v) is 4.52. The average molecular weight is 430 g/mol. The molecule has 0 aliphatic carbocycles. The summed E-state index contributed by atoms with van der Waals surface area (Å²) in [5.41, 5.74) is 9.18. The monoisotopic (exact) mass is 429 g/mol. The van der Waals surface area contributed by atoms with Gasteiger partial charge in [-0.05, 0) is 32.6 Å². The first-order valence-electron chi connectivity index (χ1n) is 9.00. The van der Waals surface area contributed by atoms with E-state index in [0.29, 0.717) is 18.9 Å². The number of likely N-dealkylation sites (tertiary alicyclic amines) is 1. The summed E-state index contributed by atoms with van der Waals surface area (Å²) in [5, 5.41) is 1.00. The van der Waals surface area contributed by atoms with Gasteiger partial charge in [-0.3, -0.25) is 4.79 Å². The summed E-state index contributed by atoms with van der Waals surface area (Å²) in [6, 6.07) is 8.53. The van der Waals surface area contributed by atoms with E-state index in [4.69, 9.17) is 5.73 Å². The first kappa shape index (κ1) is 23.9. The van der Waals surface area contributed by atoms with Crippen molar-refractivity contribution in [2.45, 2.75) is 46.1 Å². The molecule has 1 aliphatic rings. The van der Waals surface area contributed by atoms with Crippen molar-refractivity contribution >= 4 is 42.1 Å². The molecule has 2 heterocycles. The van der Waals surface area contributed by atoms with Crippen LogP contribution in [-0.4, -0.2) is 34.9 Å². The Balaban J connectivity index is 0.00000182. The second kappa shape index (κ2) is 10.4. The molecule has 27 heavy (non-hydrogen) atoms. The lowest BCUT2D eigenvalue weighted by Gasteiger charge is -2.38. The van der Waals surface area contributed by atoms with Gasteiger partial charge in [-0.25, -0.2) is 4.98 Å². The van der Waals surface area contributed by atoms with E-state index in [1.807, 2.05) is 11.8 Å². The highest BCUT2D eigenvalue weighted by atomic mass is 35.5. The van der Waals surface area contributed by atoms with Gasteiger partial charge in [-0.15, -0.1) is 36.2 Å². The van der Waals surface area contributed by atoms with Gasteiger partial charge in [0.05, 0.1) is 17.1 Å². The van der Waals surface area contributed by atoms with Crippen molar-refractivity contribution in [1.29, 1.82) is 0 Å². The third kappa shape index (κ3) is 5.67. The third-order valence-electron chi connectivity index (χ3n) is 5.01. The zero-order valence-electron chi connectivity index (χ0n) is 16.1. The van der Waals surface area contributed by atoms with Gasteiger partial charge in [0.2, 0.25) is 5.91 Å². The lowest BCUT2D eigenvalue weighted by molar-refractivity contribution is -0.134. The second-order valence-corrected chi connectivity index (χ2v) is 8.44. The Labute approximate surface area is 178 Å². The number of carbonyl (C=O) groups is 1. The Morgan fingerprint density at radius 3 is 2.56 bits per heavy atom. The maximum absolute atomic E-state index is 12.9. The molecule has 1 fully saturated rings. The Bertz CT molecular complexity index is 748. The number of halogens is 2. The van der Waals surface area contributed by atoms with Crippen LogP contribution in [0.2, 0.25) is 0 Å². The molecule has 0 radical (unpaired) electrons. The van der Waals surface area contributed by atoms with Crippen LogP contribution >= 0.6 is 36.2 Å². The molecular weight excluding hydrogens is 401 g/mol. The molecule has 0 bridgehead atoms. The Hall–Kier alpha value is -1.14. The highest BCUT2D eigenvalue weighted by Gasteiger charge is 2.29. The lowest BCUT2D eigenvalue weighted by atomic mass is 9.92. The standard InChI is InChI=1S/C20H27N3OS.2ClH/c1-13-4-6-16(7-5-13)20-18(25-15(3)22-20)11-19(24)23-9-8-14(2)10-17(23)12-21;;/h4-7,14,17H,8-12,21H2,1-3H3;2*1H. The first-order valence-corrected chi connectivity index (χ1v) is 9.82. The van der Waals surface area contributed by atoms with Crippen LogP contribution in [0.3, 0.4) is 0 Å². The van der Waals surface area contributed by atoms with E-state index >= 15 is 0 Å². The third-order valence-corrected chi connectivity index (χ3v) is 5.98. The number of piperidine rings is 1. The average Bonchev–Trinajstić information content (AvgIpc) is 2.95. The minimum absolute atomic E-state index is 0. The lowest BCUT2D eigenvalue weighted by Crippen LogP contribution is -2.49. The van der Waals surface area contributed by atoms with Crippen LogP contribution in [0.4, 0.5) is 0 Å². The van der Waals surface area contributed by atoms with Crippen molar-refractivity contribution in [1.82, 2.24) is 9.88 Å². The normalized spacial score (nSPS) is 19.2. The van der Waals surface area contributed by atoms with E-state index in [1.165, 1.54) is 5.56 Å².